The second kappa shape index (κ2) is 9.86. The number of Topliss-reactive ketones (excluding diaryl/α,β-unsaturated/α-hetero) is 1. The third kappa shape index (κ3) is 5.21. The van der Waals surface area contributed by atoms with E-state index in [2.05, 4.69) is 5.32 Å². The minimum absolute atomic E-state index is 0.113. The molecular weight excluding hydrogens is 409 g/mol. The van der Waals surface area contributed by atoms with Gasteiger partial charge in [-0.05, 0) is 30.5 Å². The summed E-state index contributed by atoms with van der Waals surface area (Å²) in [5.74, 6) is -4.64. The molecule has 2 unspecified atom stereocenters. The average molecular weight is 430 g/mol. The number of amides is 2. The van der Waals surface area contributed by atoms with Gasteiger partial charge in [0.1, 0.15) is 5.92 Å². The highest BCUT2D eigenvalue weighted by molar-refractivity contribution is 6.43. The van der Waals surface area contributed by atoms with Gasteiger partial charge in [-0.15, -0.1) is 0 Å². The number of benzene rings is 1. The van der Waals surface area contributed by atoms with Gasteiger partial charge in [-0.1, -0.05) is 29.3 Å². The Hall–Kier alpha value is -2.16. The van der Waals surface area contributed by atoms with Crippen molar-refractivity contribution in [3.63, 3.8) is 0 Å². The van der Waals surface area contributed by atoms with Gasteiger partial charge >= 0.3 is 5.97 Å². The van der Waals surface area contributed by atoms with Gasteiger partial charge in [0.25, 0.3) is 5.91 Å². The van der Waals surface area contributed by atoms with Gasteiger partial charge in [0.05, 0.1) is 22.5 Å². The summed E-state index contributed by atoms with van der Waals surface area (Å²) in [5, 5.41) is 12.3. The highest BCUT2D eigenvalue weighted by atomic mass is 35.5. The molecule has 28 heavy (non-hydrogen) atoms. The lowest BCUT2D eigenvalue weighted by Crippen LogP contribution is -2.46. The zero-order valence-electron chi connectivity index (χ0n) is 15.0. The van der Waals surface area contributed by atoms with Crippen LogP contribution in [0.1, 0.15) is 18.4 Å². The molecule has 1 aromatic rings. The van der Waals surface area contributed by atoms with Crippen molar-refractivity contribution in [2.45, 2.75) is 25.3 Å². The van der Waals surface area contributed by atoms with Crippen molar-refractivity contribution in [2.24, 2.45) is 11.7 Å². The molecule has 0 aromatic heterocycles. The zero-order chi connectivity index (χ0) is 20.8. The zero-order valence-corrected chi connectivity index (χ0v) is 16.5. The van der Waals surface area contributed by atoms with Crippen molar-refractivity contribution >= 4 is 46.8 Å². The molecule has 0 spiro atoms. The predicted octanol–water partition coefficient (Wildman–Crippen LogP) is 0.872. The van der Waals surface area contributed by atoms with Crippen LogP contribution in [0.2, 0.25) is 10.0 Å². The summed E-state index contributed by atoms with van der Waals surface area (Å²) < 4.78 is 0. The van der Waals surface area contributed by atoms with Crippen LogP contribution < -0.4 is 11.1 Å². The van der Waals surface area contributed by atoms with Gasteiger partial charge in [0, 0.05) is 19.6 Å². The summed E-state index contributed by atoms with van der Waals surface area (Å²) in [4.78, 5) is 48.6. The Morgan fingerprint density at radius 3 is 2.54 bits per heavy atom. The third-order valence-corrected chi connectivity index (χ3v) is 5.29. The molecule has 1 heterocycles. The summed E-state index contributed by atoms with van der Waals surface area (Å²) in [6.45, 7) is 0.0187. The topological polar surface area (TPSA) is 130 Å². The SMILES string of the molecule is NCC1C(C(=O)NCCCc2ccc(Cl)c(Cl)c2)C(=O)C(=O)N1CCC(=O)O. The summed E-state index contributed by atoms with van der Waals surface area (Å²) in [6.07, 6.45) is 0.905. The molecule has 8 nitrogen and oxygen atoms in total. The minimum Gasteiger partial charge on any atom is -0.481 e. The first-order valence-electron chi connectivity index (χ1n) is 8.74. The number of halogens is 2. The van der Waals surface area contributed by atoms with Gasteiger partial charge in [0.2, 0.25) is 11.7 Å². The molecule has 10 heteroatoms. The van der Waals surface area contributed by atoms with Crippen molar-refractivity contribution < 1.29 is 24.3 Å². The fourth-order valence-electron chi connectivity index (χ4n) is 3.13. The Labute approximate surface area is 172 Å². The van der Waals surface area contributed by atoms with Gasteiger partial charge in [-0.3, -0.25) is 19.2 Å². The third-order valence-electron chi connectivity index (χ3n) is 4.56. The Kier molecular flexibility index (Phi) is 7.79. The van der Waals surface area contributed by atoms with Crippen LogP contribution in [0.15, 0.2) is 18.2 Å². The molecule has 2 amide bonds. The number of carboxylic acids is 1. The molecule has 0 radical (unpaired) electrons. The highest BCUT2D eigenvalue weighted by Crippen LogP contribution is 2.24. The van der Waals surface area contributed by atoms with Crippen LogP contribution in [-0.2, 0) is 25.6 Å². The Morgan fingerprint density at radius 1 is 1.21 bits per heavy atom. The summed E-state index contributed by atoms with van der Waals surface area (Å²) >= 11 is 11.8. The van der Waals surface area contributed by atoms with Crippen LogP contribution in [0.3, 0.4) is 0 Å². The van der Waals surface area contributed by atoms with E-state index in [1.807, 2.05) is 6.07 Å². The lowest BCUT2D eigenvalue weighted by atomic mass is 9.98. The van der Waals surface area contributed by atoms with Crippen LogP contribution in [0.25, 0.3) is 0 Å². The number of nitrogens with one attached hydrogen (secondary N) is 1. The molecule has 2 rings (SSSR count). The molecule has 0 aliphatic carbocycles. The smallest absolute Gasteiger partial charge is 0.305 e. The van der Waals surface area contributed by atoms with Gasteiger partial charge in [0.15, 0.2) is 0 Å². The van der Waals surface area contributed by atoms with Crippen molar-refractivity contribution in [2.75, 3.05) is 19.6 Å². The molecular formula is C18H21Cl2N3O5. The number of carboxylic acid groups (broad SMARTS) is 1. The molecule has 1 aromatic carbocycles. The second-order valence-corrected chi connectivity index (χ2v) is 7.24. The van der Waals surface area contributed by atoms with E-state index in [0.29, 0.717) is 29.4 Å². The number of likely N-dealkylation sites (tertiary alicyclic amines) is 1. The summed E-state index contributed by atoms with van der Waals surface area (Å²) in [5.41, 5.74) is 6.60. The van der Waals surface area contributed by atoms with Crippen LogP contribution in [0.4, 0.5) is 0 Å². The standard InChI is InChI=1S/C18H21Cl2N3O5/c19-11-4-3-10(8-12(11)20)2-1-6-22-17(27)15-13(9-21)23(7-5-14(24)25)18(28)16(15)26/h3-4,8,13,15H,1-2,5-7,9,21H2,(H,22,27)(H,24,25). The molecule has 2 atom stereocenters. The van der Waals surface area contributed by atoms with Crippen LogP contribution in [-0.4, -0.2) is 59.2 Å². The van der Waals surface area contributed by atoms with E-state index in [1.165, 1.54) is 0 Å². The van der Waals surface area contributed by atoms with Crippen molar-refractivity contribution in [1.82, 2.24) is 10.2 Å². The van der Waals surface area contributed by atoms with E-state index >= 15 is 0 Å². The number of carbonyl (C=O) groups is 4. The van der Waals surface area contributed by atoms with E-state index in [1.54, 1.807) is 12.1 Å². The van der Waals surface area contributed by atoms with Crippen molar-refractivity contribution in [3.8, 4) is 0 Å². The second-order valence-electron chi connectivity index (χ2n) is 6.43. The minimum atomic E-state index is -1.23. The molecule has 1 aliphatic rings. The van der Waals surface area contributed by atoms with E-state index in [-0.39, 0.29) is 19.5 Å². The summed E-state index contributed by atoms with van der Waals surface area (Å²) in [6, 6.07) is 4.43. The first-order chi connectivity index (χ1) is 13.3. The maximum absolute atomic E-state index is 12.4. The largest absolute Gasteiger partial charge is 0.481 e. The highest BCUT2D eigenvalue weighted by Gasteiger charge is 2.50. The van der Waals surface area contributed by atoms with Crippen molar-refractivity contribution in [1.29, 1.82) is 0 Å². The Bertz CT molecular complexity index is 786. The fraction of sp³-hybridized carbons (Fsp3) is 0.444. The molecule has 152 valence electrons. The number of hydrogen-bond donors (Lipinski definition) is 3. The average Bonchev–Trinajstić information content (AvgIpc) is 2.90. The number of nitrogens with two attached hydrogens (primary N) is 1. The molecule has 0 saturated carbocycles. The number of rotatable bonds is 9. The summed E-state index contributed by atoms with van der Waals surface area (Å²) in [7, 11) is 0. The molecule has 1 aliphatic heterocycles. The fourth-order valence-corrected chi connectivity index (χ4v) is 3.45. The number of aryl methyl sites for hydroxylation is 1. The van der Waals surface area contributed by atoms with E-state index in [9.17, 15) is 19.2 Å². The Balaban J connectivity index is 1.91. The van der Waals surface area contributed by atoms with Crippen molar-refractivity contribution in [3.05, 3.63) is 33.8 Å². The molecule has 1 saturated heterocycles. The lowest BCUT2D eigenvalue weighted by molar-refractivity contribution is -0.143. The lowest BCUT2D eigenvalue weighted by Gasteiger charge is -2.24. The number of carbonyl (C=O) groups excluding carboxylic acids is 3. The first kappa shape index (κ1) is 22.1. The maximum Gasteiger partial charge on any atom is 0.305 e. The molecule has 1 fully saturated rings. The van der Waals surface area contributed by atoms with E-state index in [0.717, 1.165) is 10.5 Å². The normalized spacial score (nSPS) is 19.2. The number of ketones is 1. The van der Waals surface area contributed by atoms with Crippen LogP contribution in [0, 0.1) is 5.92 Å². The van der Waals surface area contributed by atoms with E-state index < -0.39 is 35.5 Å². The Morgan fingerprint density at radius 2 is 1.93 bits per heavy atom. The van der Waals surface area contributed by atoms with E-state index in [4.69, 9.17) is 34.0 Å². The van der Waals surface area contributed by atoms with Gasteiger partial charge in [-0.2, -0.15) is 0 Å². The van der Waals surface area contributed by atoms with Crippen LogP contribution >= 0.6 is 23.2 Å². The van der Waals surface area contributed by atoms with Gasteiger partial charge in [-0.25, -0.2) is 0 Å². The molecule has 0 bridgehead atoms. The van der Waals surface area contributed by atoms with Gasteiger partial charge < -0.3 is 21.1 Å². The molecule has 4 N–H and O–H groups in total. The quantitative estimate of drug-likeness (QED) is 0.303. The number of nitrogens with zero attached hydrogens (tertiary/aromatic N) is 1. The monoisotopic (exact) mass is 429 g/mol. The number of hydrogen-bond acceptors (Lipinski definition) is 5. The van der Waals surface area contributed by atoms with Crippen LogP contribution in [0.5, 0.6) is 0 Å². The number of aliphatic carboxylic acids is 1. The first-order valence-corrected chi connectivity index (χ1v) is 9.50. The maximum atomic E-state index is 12.4. The predicted molar refractivity (Wildman–Crippen MR) is 103 cm³/mol.